The lowest BCUT2D eigenvalue weighted by Gasteiger charge is -2.39. The molecule has 0 atom stereocenters. The third-order valence-electron chi connectivity index (χ3n) is 4.38. The highest BCUT2D eigenvalue weighted by Gasteiger charge is 2.26. The van der Waals surface area contributed by atoms with Gasteiger partial charge in [-0.25, -0.2) is 4.98 Å². The highest BCUT2D eigenvalue weighted by molar-refractivity contribution is 5.46. The van der Waals surface area contributed by atoms with Gasteiger partial charge in [0.2, 0.25) is 0 Å². The Kier molecular flexibility index (Phi) is 3.65. The summed E-state index contributed by atoms with van der Waals surface area (Å²) in [6.45, 7) is 4.46. The Hall–Kier alpha value is -1.60. The van der Waals surface area contributed by atoms with Crippen molar-refractivity contribution < 1.29 is 0 Å². The second-order valence-electron chi connectivity index (χ2n) is 5.47. The van der Waals surface area contributed by atoms with Crippen molar-refractivity contribution >= 4 is 5.69 Å². The van der Waals surface area contributed by atoms with Gasteiger partial charge in [-0.2, -0.15) is 5.26 Å². The van der Waals surface area contributed by atoms with Gasteiger partial charge in [-0.15, -0.1) is 0 Å². The van der Waals surface area contributed by atoms with Gasteiger partial charge in [0.25, 0.3) is 0 Å². The standard InChI is InChI=1S/C15H20N4/c16-11-13-5-6-15(12-17-13)19-9-7-18(8-10-19)14-3-1-2-4-14/h5-6,12,14H,1-4,7-10H2. The molecule has 3 rings (SSSR count). The summed E-state index contributed by atoms with van der Waals surface area (Å²) in [7, 11) is 0. The van der Waals surface area contributed by atoms with Gasteiger partial charge < -0.3 is 4.90 Å². The SMILES string of the molecule is N#Cc1ccc(N2CCN(C3CCCC3)CC2)cn1. The predicted molar refractivity (Wildman–Crippen MR) is 75.0 cm³/mol. The molecule has 2 aliphatic rings. The van der Waals surface area contributed by atoms with Crippen molar-refractivity contribution in [1.29, 1.82) is 5.26 Å². The molecule has 1 aliphatic heterocycles. The van der Waals surface area contributed by atoms with Crippen molar-refractivity contribution in [3.63, 3.8) is 0 Å². The highest BCUT2D eigenvalue weighted by Crippen LogP contribution is 2.25. The van der Waals surface area contributed by atoms with Crippen LogP contribution in [-0.4, -0.2) is 42.1 Å². The molecule has 19 heavy (non-hydrogen) atoms. The number of piperazine rings is 1. The summed E-state index contributed by atoms with van der Waals surface area (Å²) in [6, 6.07) is 6.71. The molecule has 100 valence electrons. The predicted octanol–water partition coefficient (Wildman–Crippen LogP) is 2.02. The maximum Gasteiger partial charge on any atom is 0.140 e. The van der Waals surface area contributed by atoms with E-state index in [1.165, 1.54) is 25.7 Å². The van der Waals surface area contributed by atoms with E-state index in [0.29, 0.717) is 5.69 Å². The van der Waals surface area contributed by atoms with Gasteiger partial charge in [0.05, 0.1) is 11.9 Å². The molecule has 2 fully saturated rings. The first-order chi connectivity index (χ1) is 9.36. The van der Waals surface area contributed by atoms with Crippen LogP contribution in [0.2, 0.25) is 0 Å². The minimum atomic E-state index is 0.494. The van der Waals surface area contributed by atoms with E-state index >= 15 is 0 Å². The van der Waals surface area contributed by atoms with Crippen LogP contribution in [-0.2, 0) is 0 Å². The zero-order valence-electron chi connectivity index (χ0n) is 11.3. The summed E-state index contributed by atoms with van der Waals surface area (Å²) in [5.74, 6) is 0. The second-order valence-corrected chi connectivity index (χ2v) is 5.47. The Morgan fingerprint density at radius 1 is 1.11 bits per heavy atom. The molecule has 1 aliphatic carbocycles. The quantitative estimate of drug-likeness (QED) is 0.812. The number of hydrogen-bond donors (Lipinski definition) is 0. The molecule has 0 radical (unpaired) electrons. The number of anilines is 1. The maximum atomic E-state index is 8.76. The normalized spacial score (nSPS) is 21.5. The van der Waals surface area contributed by atoms with Crippen LogP contribution in [0.5, 0.6) is 0 Å². The molecule has 0 aromatic carbocycles. The number of pyridine rings is 1. The highest BCUT2D eigenvalue weighted by atomic mass is 15.3. The summed E-state index contributed by atoms with van der Waals surface area (Å²) >= 11 is 0. The summed E-state index contributed by atoms with van der Waals surface area (Å²) < 4.78 is 0. The van der Waals surface area contributed by atoms with Gasteiger partial charge in [-0.3, -0.25) is 4.90 Å². The van der Waals surface area contributed by atoms with Crippen molar-refractivity contribution in [2.45, 2.75) is 31.7 Å². The molecule has 0 bridgehead atoms. The average Bonchev–Trinajstić information content (AvgIpc) is 3.02. The van der Waals surface area contributed by atoms with E-state index < -0.39 is 0 Å². The van der Waals surface area contributed by atoms with Crippen LogP contribution >= 0.6 is 0 Å². The van der Waals surface area contributed by atoms with E-state index in [9.17, 15) is 0 Å². The maximum absolute atomic E-state index is 8.76. The number of nitriles is 1. The van der Waals surface area contributed by atoms with Crippen LogP contribution in [0, 0.1) is 11.3 Å². The molecule has 2 heterocycles. The van der Waals surface area contributed by atoms with Crippen molar-refractivity contribution in [2.75, 3.05) is 31.1 Å². The van der Waals surface area contributed by atoms with Gasteiger partial charge in [0.1, 0.15) is 11.8 Å². The van der Waals surface area contributed by atoms with E-state index in [0.717, 1.165) is 37.9 Å². The second kappa shape index (κ2) is 5.58. The first kappa shape index (κ1) is 12.4. The lowest BCUT2D eigenvalue weighted by molar-refractivity contribution is 0.187. The molecule has 0 spiro atoms. The molecule has 1 aromatic heterocycles. The number of nitrogens with zero attached hydrogens (tertiary/aromatic N) is 4. The van der Waals surface area contributed by atoms with E-state index in [-0.39, 0.29) is 0 Å². The Labute approximate surface area is 114 Å². The zero-order valence-corrected chi connectivity index (χ0v) is 11.3. The van der Waals surface area contributed by atoms with Crippen LogP contribution in [0.25, 0.3) is 0 Å². The largest absolute Gasteiger partial charge is 0.368 e. The fourth-order valence-corrected chi connectivity index (χ4v) is 3.25. The lowest BCUT2D eigenvalue weighted by atomic mass is 10.1. The van der Waals surface area contributed by atoms with E-state index in [1.54, 1.807) is 6.07 Å². The van der Waals surface area contributed by atoms with Gasteiger partial charge in [-0.1, -0.05) is 12.8 Å². The van der Waals surface area contributed by atoms with Crippen LogP contribution < -0.4 is 4.90 Å². The molecular formula is C15H20N4. The van der Waals surface area contributed by atoms with E-state index in [2.05, 4.69) is 20.9 Å². The third-order valence-corrected chi connectivity index (χ3v) is 4.38. The van der Waals surface area contributed by atoms with Gasteiger partial charge in [-0.05, 0) is 25.0 Å². The summed E-state index contributed by atoms with van der Waals surface area (Å²) in [5.41, 5.74) is 1.64. The van der Waals surface area contributed by atoms with Gasteiger partial charge >= 0.3 is 0 Å². The van der Waals surface area contributed by atoms with Crippen LogP contribution in [0.15, 0.2) is 18.3 Å². The number of hydrogen-bond acceptors (Lipinski definition) is 4. The average molecular weight is 256 g/mol. The number of rotatable bonds is 2. The van der Waals surface area contributed by atoms with Crippen LogP contribution in [0.3, 0.4) is 0 Å². The third kappa shape index (κ3) is 2.71. The fraction of sp³-hybridized carbons (Fsp3) is 0.600. The molecule has 0 N–H and O–H groups in total. The summed E-state index contributed by atoms with van der Waals surface area (Å²) in [5, 5.41) is 8.76. The minimum absolute atomic E-state index is 0.494. The molecule has 1 aromatic rings. The molecule has 0 unspecified atom stereocenters. The molecule has 0 amide bonds. The Bertz CT molecular complexity index is 448. The molecule has 1 saturated heterocycles. The monoisotopic (exact) mass is 256 g/mol. The van der Waals surface area contributed by atoms with Crippen molar-refractivity contribution in [3.05, 3.63) is 24.0 Å². The first-order valence-corrected chi connectivity index (χ1v) is 7.22. The fourth-order valence-electron chi connectivity index (χ4n) is 3.25. The topological polar surface area (TPSA) is 43.2 Å². The molecule has 1 saturated carbocycles. The molecule has 4 heteroatoms. The van der Waals surface area contributed by atoms with Gasteiger partial charge in [0, 0.05) is 32.2 Å². The van der Waals surface area contributed by atoms with Crippen LogP contribution in [0.4, 0.5) is 5.69 Å². The Morgan fingerprint density at radius 3 is 2.42 bits per heavy atom. The zero-order chi connectivity index (χ0) is 13.1. The smallest absolute Gasteiger partial charge is 0.140 e. The number of aromatic nitrogens is 1. The van der Waals surface area contributed by atoms with Gasteiger partial charge in [0.15, 0.2) is 0 Å². The van der Waals surface area contributed by atoms with E-state index in [1.807, 2.05) is 12.3 Å². The Morgan fingerprint density at radius 2 is 1.84 bits per heavy atom. The minimum Gasteiger partial charge on any atom is -0.368 e. The van der Waals surface area contributed by atoms with Crippen LogP contribution in [0.1, 0.15) is 31.4 Å². The molecule has 4 nitrogen and oxygen atoms in total. The first-order valence-electron chi connectivity index (χ1n) is 7.22. The van der Waals surface area contributed by atoms with Crippen molar-refractivity contribution in [3.8, 4) is 6.07 Å². The van der Waals surface area contributed by atoms with Crippen molar-refractivity contribution in [1.82, 2.24) is 9.88 Å². The summed E-state index contributed by atoms with van der Waals surface area (Å²) in [4.78, 5) is 9.18. The summed E-state index contributed by atoms with van der Waals surface area (Å²) in [6.07, 6.45) is 7.41. The Balaban J connectivity index is 1.58. The lowest BCUT2D eigenvalue weighted by Crippen LogP contribution is -2.49. The molecular weight excluding hydrogens is 236 g/mol. The van der Waals surface area contributed by atoms with Crippen molar-refractivity contribution in [2.24, 2.45) is 0 Å². The van der Waals surface area contributed by atoms with E-state index in [4.69, 9.17) is 5.26 Å².